The number of aromatic carboxylic acids is 1. The lowest BCUT2D eigenvalue weighted by Crippen LogP contribution is -2.30. The number of terminal acetylenes is 1. The molecule has 1 aromatic rings. The quantitative estimate of drug-likeness (QED) is 0.778. The van der Waals surface area contributed by atoms with Crippen LogP contribution >= 0.6 is 23.2 Å². The molecule has 0 aliphatic rings. The summed E-state index contributed by atoms with van der Waals surface area (Å²) in [6, 6.07) is 2.13. The van der Waals surface area contributed by atoms with Crippen LogP contribution in [0.25, 0.3) is 0 Å². The summed E-state index contributed by atoms with van der Waals surface area (Å²) in [5.74, 6) is -1.09. The molecule has 0 aromatic heterocycles. The number of carbonyl (C=O) groups excluding carboxylic acids is 1. The van der Waals surface area contributed by atoms with Gasteiger partial charge in [0.2, 0.25) is 5.91 Å². The molecular weight excluding hydrogens is 341 g/mol. The molecule has 1 amide bonds. The predicted octanol–water partition coefficient (Wildman–Crippen LogP) is 1.21. The Balaban J connectivity index is 3.22. The molecule has 0 aliphatic heterocycles. The van der Waals surface area contributed by atoms with Crippen LogP contribution in [0.5, 0.6) is 0 Å². The van der Waals surface area contributed by atoms with E-state index in [2.05, 4.69) is 11.2 Å². The fraction of sp³-hybridized carbons (Fsp3) is 0.167. The number of nitrogens with one attached hydrogen (secondary N) is 1. The van der Waals surface area contributed by atoms with Gasteiger partial charge in [-0.15, -0.1) is 6.42 Å². The van der Waals surface area contributed by atoms with Crippen molar-refractivity contribution in [2.24, 2.45) is 0 Å². The maximum absolute atomic E-state index is 12.1. The molecule has 1 aromatic carbocycles. The maximum Gasteiger partial charge on any atom is 0.338 e. The minimum Gasteiger partial charge on any atom is -0.478 e. The Morgan fingerprint density at radius 2 is 1.95 bits per heavy atom. The van der Waals surface area contributed by atoms with Gasteiger partial charge in [0.05, 0.1) is 27.0 Å². The van der Waals surface area contributed by atoms with Gasteiger partial charge in [-0.1, -0.05) is 29.1 Å². The van der Waals surface area contributed by atoms with Crippen LogP contribution in [-0.2, 0) is 14.6 Å². The Morgan fingerprint density at radius 3 is 2.48 bits per heavy atom. The summed E-state index contributed by atoms with van der Waals surface area (Å²) >= 11 is 11.4. The summed E-state index contributed by atoms with van der Waals surface area (Å²) < 4.78 is 24.2. The third-order valence-electron chi connectivity index (χ3n) is 2.31. The zero-order valence-electron chi connectivity index (χ0n) is 10.4. The summed E-state index contributed by atoms with van der Waals surface area (Å²) in [4.78, 5) is 22.0. The molecule has 0 fully saturated rings. The molecule has 0 aliphatic carbocycles. The fourth-order valence-corrected chi connectivity index (χ4v) is 3.56. The molecule has 0 atom stereocenters. The minimum atomic E-state index is -4.13. The van der Waals surface area contributed by atoms with E-state index in [-0.39, 0.29) is 11.6 Å². The number of carboxylic acids is 1. The van der Waals surface area contributed by atoms with E-state index >= 15 is 0 Å². The van der Waals surface area contributed by atoms with Gasteiger partial charge in [0.1, 0.15) is 5.75 Å². The van der Waals surface area contributed by atoms with Crippen LogP contribution in [0.2, 0.25) is 10.0 Å². The summed E-state index contributed by atoms with van der Waals surface area (Å²) in [7, 11) is -4.13. The molecule has 2 N–H and O–H groups in total. The Kier molecular flexibility index (Phi) is 5.61. The van der Waals surface area contributed by atoms with Crippen molar-refractivity contribution < 1.29 is 23.1 Å². The van der Waals surface area contributed by atoms with Crippen molar-refractivity contribution in [1.29, 1.82) is 0 Å². The van der Waals surface area contributed by atoms with Crippen molar-refractivity contribution in [3.05, 3.63) is 27.7 Å². The van der Waals surface area contributed by atoms with Crippen LogP contribution in [0.15, 0.2) is 17.0 Å². The Morgan fingerprint density at radius 1 is 1.33 bits per heavy atom. The highest BCUT2D eigenvalue weighted by molar-refractivity contribution is 7.92. The second-order valence-electron chi connectivity index (χ2n) is 3.78. The van der Waals surface area contributed by atoms with Crippen LogP contribution in [0.3, 0.4) is 0 Å². The molecule has 0 heterocycles. The molecule has 6 nitrogen and oxygen atoms in total. The smallest absolute Gasteiger partial charge is 0.338 e. The van der Waals surface area contributed by atoms with Crippen molar-refractivity contribution in [3.63, 3.8) is 0 Å². The van der Waals surface area contributed by atoms with Crippen molar-refractivity contribution in [2.75, 3.05) is 12.3 Å². The second-order valence-corrected chi connectivity index (χ2v) is 6.52. The topological polar surface area (TPSA) is 101 Å². The van der Waals surface area contributed by atoms with Crippen molar-refractivity contribution in [3.8, 4) is 12.3 Å². The van der Waals surface area contributed by atoms with E-state index in [1.807, 2.05) is 0 Å². The van der Waals surface area contributed by atoms with Gasteiger partial charge in [0, 0.05) is 0 Å². The first kappa shape index (κ1) is 17.3. The monoisotopic (exact) mass is 349 g/mol. The fourth-order valence-electron chi connectivity index (χ4n) is 1.42. The lowest BCUT2D eigenvalue weighted by Gasteiger charge is -2.09. The number of amides is 1. The van der Waals surface area contributed by atoms with Crippen molar-refractivity contribution in [1.82, 2.24) is 5.32 Å². The molecule has 9 heteroatoms. The first-order valence-electron chi connectivity index (χ1n) is 5.35. The minimum absolute atomic E-state index is 0.122. The number of sulfone groups is 1. The number of halogens is 2. The number of benzene rings is 1. The average Bonchev–Trinajstić information content (AvgIpc) is 2.34. The molecular formula is C12H9Cl2NO5S. The molecule has 112 valence electrons. The number of rotatable bonds is 5. The van der Waals surface area contributed by atoms with Crippen LogP contribution in [0.4, 0.5) is 0 Å². The molecule has 0 saturated carbocycles. The molecule has 1 rings (SSSR count). The molecule has 0 spiro atoms. The van der Waals surface area contributed by atoms with Gasteiger partial charge in [0.25, 0.3) is 0 Å². The molecule has 0 saturated heterocycles. The Labute approximate surface area is 131 Å². The number of hydrogen-bond acceptors (Lipinski definition) is 4. The number of carbonyl (C=O) groups is 2. The van der Waals surface area contributed by atoms with Crippen molar-refractivity contribution in [2.45, 2.75) is 4.90 Å². The van der Waals surface area contributed by atoms with E-state index in [0.29, 0.717) is 0 Å². The van der Waals surface area contributed by atoms with E-state index in [4.69, 9.17) is 34.7 Å². The summed E-state index contributed by atoms with van der Waals surface area (Å²) in [6.07, 6.45) is 4.93. The molecule has 21 heavy (non-hydrogen) atoms. The molecule has 0 bridgehead atoms. The first-order valence-corrected chi connectivity index (χ1v) is 7.75. The largest absolute Gasteiger partial charge is 0.478 e. The Bertz CT molecular complexity index is 737. The standard InChI is InChI=1S/C12H9Cl2NO5S/c1-2-5-15-9(16)6-21(19,20)8-4-3-7(13)10(11(8)14)12(17)18/h1,3-4H,5-6H2,(H,15,16)(H,17,18). The second kappa shape index (κ2) is 6.80. The van der Waals surface area contributed by atoms with Gasteiger partial charge < -0.3 is 10.4 Å². The zero-order valence-corrected chi connectivity index (χ0v) is 12.7. The Hall–Kier alpha value is -1.75. The zero-order chi connectivity index (χ0) is 16.2. The van der Waals surface area contributed by atoms with Gasteiger partial charge in [0.15, 0.2) is 9.84 Å². The third-order valence-corrected chi connectivity index (χ3v) is 4.79. The van der Waals surface area contributed by atoms with E-state index in [1.165, 1.54) is 0 Å². The van der Waals surface area contributed by atoms with Gasteiger partial charge in [-0.05, 0) is 12.1 Å². The van der Waals surface area contributed by atoms with Crippen molar-refractivity contribution >= 4 is 44.9 Å². The van der Waals surface area contributed by atoms with Gasteiger partial charge in [-0.2, -0.15) is 0 Å². The summed E-state index contributed by atoms with van der Waals surface area (Å²) in [5, 5.41) is 10.4. The SMILES string of the molecule is C#CCNC(=O)CS(=O)(=O)c1ccc(Cl)c(C(=O)O)c1Cl. The highest BCUT2D eigenvalue weighted by Gasteiger charge is 2.26. The van der Waals surface area contributed by atoms with Gasteiger partial charge in [-0.25, -0.2) is 13.2 Å². The summed E-state index contributed by atoms with van der Waals surface area (Å²) in [5.41, 5.74) is -0.538. The van der Waals surface area contributed by atoms with Gasteiger partial charge >= 0.3 is 5.97 Å². The maximum atomic E-state index is 12.1. The summed E-state index contributed by atoms with van der Waals surface area (Å²) in [6.45, 7) is -0.122. The average molecular weight is 350 g/mol. The van der Waals surface area contributed by atoms with E-state index < -0.39 is 42.9 Å². The van der Waals surface area contributed by atoms with E-state index in [1.54, 1.807) is 0 Å². The van der Waals surface area contributed by atoms with Crippen LogP contribution in [0.1, 0.15) is 10.4 Å². The number of hydrogen-bond donors (Lipinski definition) is 2. The van der Waals surface area contributed by atoms with Crippen LogP contribution < -0.4 is 5.32 Å². The van der Waals surface area contributed by atoms with Crippen LogP contribution in [-0.4, -0.2) is 37.7 Å². The molecule has 0 radical (unpaired) electrons. The van der Waals surface area contributed by atoms with E-state index in [0.717, 1.165) is 12.1 Å². The lowest BCUT2D eigenvalue weighted by molar-refractivity contribution is -0.118. The first-order chi connectivity index (χ1) is 9.70. The highest BCUT2D eigenvalue weighted by Crippen LogP contribution is 2.31. The lowest BCUT2D eigenvalue weighted by atomic mass is 10.2. The highest BCUT2D eigenvalue weighted by atomic mass is 35.5. The third kappa shape index (κ3) is 4.11. The van der Waals surface area contributed by atoms with Crippen LogP contribution in [0, 0.1) is 12.3 Å². The van der Waals surface area contributed by atoms with E-state index in [9.17, 15) is 18.0 Å². The number of carboxylic acid groups (broad SMARTS) is 1. The molecule has 0 unspecified atom stereocenters. The van der Waals surface area contributed by atoms with Gasteiger partial charge in [-0.3, -0.25) is 4.79 Å². The predicted molar refractivity (Wildman–Crippen MR) is 77.3 cm³/mol. The normalized spacial score (nSPS) is 10.7.